The van der Waals surface area contributed by atoms with E-state index < -0.39 is 11.9 Å². The molecule has 0 radical (unpaired) electrons. The van der Waals surface area contributed by atoms with E-state index in [0.29, 0.717) is 17.5 Å². The van der Waals surface area contributed by atoms with Gasteiger partial charge in [0.15, 0.2) is 5.58 Å². The lowest BCUT2D eigenvalue weighted by Gasteiger charge is -2.02. The Bertz CT molecular complexity index is 530. The van der Waals surface area contributed by atoms with E-state index in [1.54, 1.807) is 6.92 Å². The number of fused-ring (bicyclic) bond motifs is 1. The highest BCUT2D eigenvalue weighted by Gasteiger charge is 2.23. The predicted octanol–water partition coefficient (Wildman–Crippen LogP) is 2.71. The van der Waals surface area contributed by atoms with Crippen LogP contribution in [0, 0.1) is 6.92 Å². The first-order chi connectivity index (χ1) is 7.61. The summed E-state index contributed by atoms with van der Waals surface area (Å²) in [5, 5.41) is 9.01. The van der Waals surface area contributed by atoms with E-state index in [9.17, 15) is 4.79 Å². The highest BCUT2D eigenvalue weighted by molar-refractivity contribution is 5.78. The molecule has 1 unspecified atom stereocenters. The summed E-state index contributed by atoms with van der Waals surface area (Å²) in [5.74, 6) is -1.27. The highest BCUT2D eigenvalue weighted by atomic mass is 16.4. The van der Waals surface area contributed by atoms with E-state index >= 15 is 0 Å². The fraction of sp³-hybridized carbons (Fsp3) is 0.333. The van der Waals surface area contributed by atoms with Gasteiger partial charge >= 0.3 is 5.97 Å². The summed E-state index contributed by atoms with van der Waals surface area (Å²) >= 11 is 0. The van der Waals surface area contributed by atoms with Crippen molar-refractivity contribution in [3.63, 3.8) is 0 Å². The monoisotopic (exact) mass is 219 g/mol. The highest BCUT2D eigenvalue weighted by Crippen LogP contribution is 2.24. The minimum absolute atomic E-state index is 0.288. The van der Waals surface area contributed by atoms with Crippen LogP contribution in [0.15, 0.2) is 22.6 Å². The first kappa shape index (κ1) is 10.7. The van der Waals surface area contributed by atoms with Crippen LogP contribution in [0.4, 0.5) is 0 Å². The number of hydrogen-bond acceptors (Lipinski definition) is 3. The molecule has 0 bridgehead atoms. The molecule has 0 spiro atoms. The summed E-state index contributed by atoms with van der Waals surface area (Å²) in [4.78, 5) is 15.2. The summed E-state index contributed by atoms with van der Waals surface area (Å²) < 4.78 is 5.47. The minimum atomic E-state index is -0.897. The number of benzene rings is 1. The third-order valence-corrected chi connectivity index (χ3v) is 2.56. The minimum Gasteiger partial charge on any atom is -0.481 e. The van der Waals surface area contributed by atoms with Crippen LogP contribution in [0.1, 0.15) is 30.7 Å². The molecule has 1 N–H and O–H groups in total. The number of oxazole rings is 1. The molecule has 1 aromatic heterocycles. The average Bonchev–Trinajstić information content (AvgIpc) is 2.60. The fourth-order valence-corrected chi connectivity index (χ4v) is 1.65. The molecule has 16 heavy (non-hydrogen) atoms. The molecule has 0 saturated heterocycles. The maximum absolute atomic E-state index is 11.0. The first-order valence-electron chi connectivity index (χ1n) is 5.21. The Hall–Kier alpha value is -1.84. The predicted molar refractivity (Wildman–Crippen MR) is 59.4 cm³/mol. The fourth-order valence-electron chi connectivity index (χ4n) is 1.65. The van der Waals surface area contributed by atoms with Crippen LogP contribution in [-0.4, -0.2) is 16.1 Å². The van der Waals surface area contributed by atoms with Gasteiger partial charge in [0, 0.05) is 0 Å². The van der Waals surface area contributed by atoms with Crippen molar-refractivity contribution in [2.45, 2.75) is 26.2 Å². The lowest BCUT2D eigenvalue weighted by atomic mass is 10.1. The third-order valence-electron chi connectivity index (χ3n) is 2.56. The molecule has 2 rings (SSSR count). The van der Waals surface area contributed by atoms with Crippen LogP contribution in [-0.2, 0) is 4.79 Å². The van der Waals surface area contributed by atoms with E-state index in [1.807, 2.05) is 25.1 Å². The number of aryl methyl sites for hydroxylation is 1. The summed E-state index contributed by atoms with van der Waals surface area (Å²) in [6.07, 6.45) is 0.473. The summed E-state index contributed by atoms with van der Waals surface area (Å²) in [7, 11) is 0. The maximum atomic E-state index is 11.0. The van der Waals surface area contributed by atoms with E-state index in [-0.39, 0.29) is 5.89 Å². The van der Waals surface area contributed by atoms with E-state index in [0.717, 1.165) is 5.56 Å². The standard InChI is InChI=1S/C12H13NO3/c1-3-8(12(14)15)11-13-9-5-4-7(2)6-10(9)16-11/h4-6,8H,3H2,1-2H3,(H,14,15). The number of aromatic nitrogens is 1. The summed E-state index contributed by atoms with van der Waals surface area (Å²) in [6.45, 7) is 3.76. The van der Waals surface area contributed by atoms with Gasteiger partial charge in [-0.1, -0.05) is 13.0 Å². The Morgan fingerprint density at radius 2 is 2.31 bits per heavy atom. The van der Waals surface area contributed by atoms with Crippen molar-refractivity contribution in [1.82, 2.24) is 4.98 Å². The van der Waals surface area contributed by atoms with E-state index in [1.165, 1.54) is 0 Å². The molecule has 1 atom stereocenters. The zero-order chi connectivity index (χ0) is 11.7. The number of rotatable bonds is 3. The van der Waals surface area contributed by atoms with Gasteiger partial charge in [-0.05, 0) is 31.0 Å². The third kappa shape index (κ3) is 1.78. The second kappa shape index (κ2) is 3.96. The molecule has 84 valence electrons. The van der Waals surface area contributed by atoms with Crippen LogP contribution in [0.25, 0.3) is 11.1 Å². The molecule has 4 nitrogen and oxygen atoms in total. The first-order valence-corrected chi connectivity index (χ1v) is 5.21. The summed E-state index contributed by atoms with van der Waals surface area (Å²) in [5.41, 5.74) is 2.42. The lowest BCUT2D eigenvalue weighted by Crippen LogP contribution is -2.10. The molecule has 1 heterocycles. The topological polar surface area (TPSA) is 63.3 Å². The Balaban J connectivity index is 2.49. The van der Waals surface area contributed by atoms with Gasteiger partial charge in [0.25, 0.3) is 0 Å². The number of nitrogens with zero attached hydrogens (tertiary/aromatic N) is 1. The molecule has 0 fully saturated rings. The van der Waals surface area contributed by atoms with Gasteiger partial charge in [-0.3, -0.25) is 4.79 Å². The molecule has 2 aromatic rings. The molecule has 0 saturated carbocycles. The van der Waals surface area contributed by atoms with E-state index in [2.05, 4.69) is 4.98 Å². The van der Waals surface area contributed by atoms with Gasteiger partial charge in [-0.2, -0.15) is 0 Å². The van der Waals surface area contributed by atoms with Crippen molar-refractivity contribution in [3.8, 4) is 0 Å². The molecule has 0 aliphatic rings. The normalized spacial score (nSPS) is 12.9. The van der Waals surface area contributed by atoms with Crippen LogP contribution >= 0.6 is 0 Å². The van der Waals surface area contributed by atoms with Crippen molar-refractivity contribution >= 4 is 17.1 Å². The van der Waals surface area contributed by atoms with Gasteiger partial charge in [0.1, 0.15) is 11.4 Å². The second-order valence-electron chi connectivity index (χ2n) is 3.82. The maximum Gasteiger partial charge on any atom is 0.315 e. The van der Waals surface area contributed by atoms with Crippen molar-refractivity contribution in [2.24, 2.45) is 0 Å². The molecular weight excluding hydrogens is 206 g/mol. The van der Waals surface area contributed by atoms with Crippen molar-refractivity contribution in [2.75, 3.05) is 0 Å². The van der Waals surface area contributed by atoms with Crippen LogP contribution in [0.3, 0.4) is 0 Å². The number of aliphatic carboxylic acids is 1. The molecule has 1 aromatic carbocycles. The number of carbonyl (C=O) groups is 1. The Kier molecular flexibility index (Phi) is 2.64. The molecule has 4 heteroatoms. The molecule has 0 aliphatic heterocycles. The van der Waals surface area contributed by atoms with Crippen LogP contribution in [0.5, 0.6) is 0 Å². The van der Waals surface area contributed by atoms with E-state index in [4.69, 9.17) is 9.52 Å². The quantitative estimate of drug-likeness (QED) is 0.862. The molecule has 0 amide bonds. The molecule has 0 aliphatic carbocycles. The zero-order valence-corrected chi connectivity index (χ0v) is 9.23. The molecular formula is C12H13NO3. The largest absolute Gasteiger partial charge is 0.481 e. The van der Waals surface area contributed by atoms with Crippen molar-refractivity contribution in [1.29, 1.82) is 0 Å². The Labute approximate surface area is 92.9 Å². The SMILES string of the molecule is CCC(C(=O)O)c1nc2ccc(C)cc2o1. The Morgan fingerprint density at radius 1 is 1.56 bits per heavy atom. The van der Waals surface area contributed by atoms with Crippen molar-refractivity contribution in [3.05, 3.63) is 29.7 Å². The van der Waals surface area contributed by atoms with Gasteiger partial charge < -0.3 is 9.52 Å². The number of carboxylic acid groups (broad SMARTS) is 1. The van der Waals surface area contributed by atoms with Gasteiger partial charge in [-0.25, -0.2) is 4.98 Å². The average molecular weight is 219 g/mol. The van der Waals surface area contributed by atoms with Gasteiger partial charge in [-0.15, -0.1) is 0 Å². The zero-order valence-electron chi connectivity index (χ0n) is 9.23. The number of hydrogen-bond donors (Lipinski definition) is 1. The Morgan fingerprint density at radius 3 is 2.94 bits per heavy atom. The van der Waals surface area contributed by atoms with Crippen LogP contribution in [0.2, 0.25) is 0 Å². The lowest BCUT2D eigenvalue weighted by molar-refractivity contribution is -0.139. The van der Waals surface area contributed by atoms with Crippen LogP contribution < -0.4 is 0 Å². The van der Waals surface area contributed by atoms with Gasteiger partial charge in [0.05, 0.1) is 0 Å². The smallest absolute Gasteiger partial charge is 0.315 e. The van der Waals surface area contributed by atoms with Gasteiger partial charge in [0.2, 0.25) is 5.89 Å². The summed E-state index contributed by atoms with van der Waals surface area (Å²) in [6, 6.07) is 5.63. The number of carboxylic acids is 1. The second-order valence-corrected chi connectivity index (χ2v) is 3.82. The van der Waals surface area contributed by atoms with Crippen molar-refractivity contribution < 1.29 is 14.3 Å².